The lowest BCUT2D eigenvalue weighted by atomic mass is 9.91. The molecule has 94 valence electrons. The summed E-state index contributed by atoms with van der Waals surface area (Å²) in [5.41, 5.74) is 2.55. The molecule has 2 rings (SSSR count). The smallest absolute Gasteiger partial charge is 0.0458 e. The average molecular weight is 253 g/mol. The highest BCUT2D eigenvalue weighted by Gasteiger charge is 2.17. The molecule has 1 fully saturated rings. The Kier molecular flexibility index (Phi) is 4.30. The minimum Gasteiger partial charge on any atom is -0.377 e. The Bertz CT molecular complexity index is 370. The van der Waals surface area contributed by atoms with Crippen LogP contribution in [0.3, 0.4) is 0 Å². The first kappa shape index (κ1) is 12.7. The minimum absolute atomic E-state index is 0.724. The highest BCUT2D eigenvalue weighted by molar-refractivity contribution is 6.31. The van der Waals surface area contributed by atoms with Gasteiger partial charge in [0.15, 0.2) is 0 Å². The van der Waals surface area contributed by atoms with Gasteiger partial charge in [0, 0.05) is 24.8 Å². The molecule has 0 radical (unpaired) electrons. The number of piperidine rings is 1. The number of nitrogens with one attached hydrogen (secondary N) is 1. The van der Waals surface area contributed by atoms with Crippen LogP contribution in [0.25, 0.3) is 0 Å². The molecule has 2 nitrogen and oxygen atoms in total. The van der Waals surface area contributed by atoms with Crippen molar-refractivity contribution >= 4 is 17.3 Å². The second kappa shape index (κ2) is 5.74. The van der Waals surface area contributed by atoms with Crippen LogP contribution in [-0.2, 0) is 6.42 Å². The SMILES string of the molecule is CN(C)c1cccc(Cl)c1CC1CCCNC1. The third-order valence-corrected chi connectivity index (χ3v) is 3.82. The monoisotopic (exact) mass is 252 g/mol. The quantitative estimate of drug-likeness (QED) is 0.890. The molecule has 1 aliphatic heterocycles. The van der Waals surface area contributed by atoms with Crippen molar-refractivity contribution in [2.45, 2.75) is 19.3 Å². The topological polar surface area (TPSA) is 15.3 Å². The number of rotatable bonds is 3. The largest absolute Gasteiger partial charge is 0.377 e. The first-order chi connectivity index (χ1) is 8.18. The summed E-state index contributed by atoms with van der Waals surface area (Å²) in [5.74, 6) is 0.724. The zero-order chi connectivity index (χ0) is 12.3. The summed E-state index contributed by atoms with van der Waals surface area (Å²) in [5, 5.41) is 4.37. The summed E-state index contributed by atoms with van der Waals surface area (Å²) in [6, 6.07) is 6.18. The number of halogens is 1. The van der Waals surface area contributed by atoms with E-state index in [-0.39, 0.29) is 0 Å². The lowest BCUT2D eigenvalue weighted by molar-refractivity contribution is 0.376. The van der Waals surface area contributed by atoms with Gasteiger partial charge in [0.25, 0.3) is 0 Å². The summed E-state index contributed by atoms with van der Waals surface area (Å²) in [6.45, 7) is 2.29. The van der Waals surface area contributed by atoms with E-state index in [1.54, 1.807) is 0 Å². The van der Waals surface area contributed by atoms with Gasteiger partial charge in [-0.15, -0.1) is 0 Å². The van der Waals surface area contributed by atoms with E-state index in [4.69, 9.17) is 11.6 Å². The van der Waals surface area contributed by atoms with Crippen LogP contribution in [0.4, 0.5) is 5.69 Å². The van der Waals surface area contributed by atoms with E-state index in [2.05, 4.69) is 30.4 Å². The van der Waals surface area contributed by atoms with Crippen LogP contribution in [-0.4, -0.2) is 27.2 Å². The fraction of sp³-hybridized carbons (Fsp3) is 0.571. The molecular weight excluding hydrogens is 232 g/mol. The highest BCUT2D eigenvalue weighted by atomic mass is 35.5. The maximum atomic E-state index is 6.35. The first-order valence-corrected chi connectivity index (χ1v) is 6.71. The van der Waals surface area contributed by atoms with E-state index >= 15 is 0 Å². The molecule has 1 aromatic carbocycles. The normalized spacial score (nSPS) is 20.3. The Morgan fingerprint density at radius 1 is 1.41 bits per heavy atom. The molecule has 3 heteroatoms. The third-order valence-electron chi connectivity index (χ3n) is 3.47. The van der Waals surface area contributed by atoms with Crippen molar-refractivity contribution < 1.29 is 0 Å². The van der Waals surface area contributed by atoms with E-state index in [0.717, 1.165) is 23.9 Å². The summed E-state index contributed by atoms with van der Waals surface area (Å²) < 4.78 is 0. The van der Waals surface area contributed by atoms with Gasteiger partial charge in [-0.3, -0.25) is 0 Å². The maximum absolute atomic E-state index is 6.35. The van der Waals surface area contributed by atoms with E-state index in [1.165, 1.54) is 30.6 Å². The van der Waals surface area contributed by atoms with Crippen molar-refractivity contribution in [2.75, 3.05) is 32.1 Å². The van der Waals surface area contributed by atoms with Crippen LogP contribution >= 0.6 is 11.6 Å². The molecule has 0 saturated carbocycles. The summed E-state index contributed by atoms with van der Waals surface area (Å²) >= 11 is 6.35. The van der Waals surface area contributed by atoms with Crippen LogP contribution in [0.5, 0.6) is 0 Å². The van der Waals surface area contributed by atoms with Crippen LogP contribution in [0.15, 0.2) is 18.2 Å². The Morgan fingerprint density at radius 3 is 2.88 bits per heavy atom. The predicted molar refractivity (Wildman–Crippen MR) is 75.1 cm³/mol. The number of hydrogen-bond acceptors (Lipinski definition) is 2. The average Bonchev–Trinajstić information content (AvgIpc) is 2.33. The van der Waals surface area contributed by atoms with Gasteiger partial charge in [-0.2, -0.15) is 0 Å². The third kappa shape index (κ3) is 3.14. The molecule has 1 atom stereocenters. The van der Waals surface area contributed by atoms with Crippen molar-refractivity contribution in [1.29, 1.82) is 0 Å². The lowest BCUT2D eigenvalue weighted by Crippen LogP contribution is -2.31. The number of nitrogens with zero attached hydrogens (tertiary/aromatic N) is 1. The molecule has 0 amide bonds. The van der Waals surface area contributed by atoms with Gasteiger partial charge in [0.1, 0.15) is 0 Å². The molecule has 1 aliphatic rings. The Hall–Kier alpha value is -0.730. The Balaban J connectivity index is 2.18. The van der Waals surface area contributed by atoms with Gasteiger partial charge < -0.3 is 10.2 Å². The molecule has 1 N–H and O–H groups in total. The van der Waals surface area contributed by atoms with Crippen LogP contribution in [0.1, 0.15) is 18.4 Å². The van der Waals surface area contributed by atoms with E-state index in [0.29, 0.717) is 0 Å². The summed E-state index contributed by atoms with van der Waals surface area (Å²) in [4.78, 5) is 2.15. The van der Waals surface area contributed by atoms with Crippen molar-refractivity contribution in [2.24, 2.45) is 5.92 Å². The second-order valence-corrected chi connectivity index (χ2v) is 5.46. The zero-order valence-electron chi connectivity index (χ0n) is 10.7. The van der Waals surface area contributed by atoms with E-state index < -0.39 is 0 Å². The van der Waals surface area contributed by atoms with Crippen LogP contribution in [0, 0.1) is 5.92 Å². The van der Waals surface area contributed by atoms with E-state index in [1.807, 2.05) is 12.1 Å². The molecule has 1 aromatic rings. The number of hydrogen-bond donors (Lipinski definition) is 1. The second-order valence-electron chi connectivity index (χ2n) is 5.05. The summed E-state index contributed by atoms with van der Waals surface area (Å²) in [7, 11) is 4.16. The molecule has 0 spiro atoms. The fourth-order valence-electron chi connectivity index (χ4n) is 2.56. The standard InChI is InChI=1S/C14H21ClN2/c1-17(2)14-7-3-6-13(15)12(14)9-11-5-4-8-16-10-11/h3,6-7,11,16H,4-5,8-10H2,1-2H3. The minimum atomic E-state index is 0.724. The maximum Gasteiger partial charge on any atom is 0.0458 e. The van der Waals surface area contributed by atoms with Crippen molar-refractivity contribution in [1.82, 2.24) is 5.32 Å². The molecule has 0 aliphatic carbocycles. The Labute approximate surface area is 109 Å². The van der Waals surface area contributed by atoms with Gasteiger partial charge in [0.05, 0.1) is 0 Å². The molecule has 1 unspecified atom stereocenters. The molecule has 17 heavy (non-hydrogen) atoms. The highest BCUT2D eigenvalue weighted by Crippen LogP contribution is 2.30. The molecular formula is C14H21ClN2. The fourth-order valence-corrected chi connectivity index (χ4v) is 2.80. The van der Waals surface area contributed by atoms with Crippen molar-refractivity contribution in [3.05, 3.63) is 28.8 Å². The Morgan fingerprint density at radius 2 is 2.24 bits per heavy atom. The first-order valence-electron chi connectivity index (χ1n) is 6.34. The predicted octanol–water partition coefficient (Wildman–Crippen LogP) is 2.95. The van der Waals surface area contributed by atoms with Gasteiger partial charge >= 0.3 is 0 Å². The lowest BCUT2D eigenvalue weighted by Gasteiger charge is -2.26. The zero-order valence-corrected chi connectivity index (χ0v) is 11.4. The van der Waals surface area contributed by atoms with Crippen LogP contribution < -0.4 is 10.2 Å². The van der Waals surface area contributed by atoms with Gasteiger partial charge in [0.2, 0.25) is 0 Å². The number of anilines is 1. The molecule has 0 aromatic heterocycles. The molecule has 1 heterocycles. The van der Waals surface area contributed by atoms with Crippen molar-refractivity contribution in [3.8, 4) is 0 Å². The molecule has 0 bridgehead atoms. The van der Waals surface area contributed by atoms with Gasteiger partial charge in [-0.05, 0) is 56.0 Å². The molecule has 1 saturated heterocycles. The summed E-state index contributed by atoms with van der Waals surface area (Å²) in [6.07, 6.45) is 3.68. The van der Waals surface area contributed by atoms with Gasteiger partial charge in [-0.1, -0.05) is 17.7 Å². The van der Waals surface area contributed by atoms with Gasteiger partial charge in [-0.25, -0.2) is 0 Å². The van der Waals surface area contributed by atoms with Crippen molar-refractivity contribution in [3.63, 3.8) is 0 Å². The van der Waals surface area contributed by atoms with Crippen LogP contribution in [0.2, 0.25) is 5.02 Å². The van der Waals surface area contributed by atoms with E-state index in [9.17, 15) is 0 Å². The number of benzene rings is 1.